The fourth-order valence-electron chi connectivity index (χ4n) is 3.82. The highest BCUT2D eigenvalue weighted by atomic mass is 16.5. The predicted molar refractivity (Wildman–Crippen MR) is 120 cm³/mol. The van der Waals surface area contributed by atoms with Gasteiger partial charge in [-0.25, -0.2) is 0 Å². The monoisotopic (exact) mass is 404 g/mol. The first-order chi connectivity index (χ1) is 14.7. The molecule has 0 spiro atoms. The molecule has 5 nitrogen and oxygen atoms in total. The van der Waals surface area contributed by atoms with Crippen molar-refractivity contribution in [2.24, 2.45) is 0 Å². The molecule has 2 N–H and O–H groups in total. The number of β-amino-alcohol motifs (C(OH)–C–C–N with tert-alkyl or cyclic N) is 1. The second-order valence-electron chi connectivity index (χ2n) is 7.63. The van der Waals surface area contributed by atoms with Gasteiger partial charge < -0.3 is 19.8 Å². The summed E-state index contributed by atoms with van der Waals surface area (Å²) < 4.78 is 5.79. The highest BCUT2D eigenvalue weighted by Crippen LogP contribution is 2.27. The smallest absolute Gasteiger partial charge is 0.138 e. The number of aromatic hydroxyl groups is 1. The summed E-state index contributed by atoms with van der Waals surface area (Å²) in [7, 11) is 0. The Balaban J connectivity index is 1.22. The van der Waals surface area contributed by atoms with Crippen LogP contribution >= 0.6 is 0 Å². The molecule has 1 unspecified atom stereocenters. The van der Waals surface area contributed by atoms with Crippen molar-refractivity contribution in [2.45, 2.75) is 6.10 Å². The van der Waals surface area contributed by atoms with Crippen LogP contribution in [0.3, 0.4) is 0 Å². The van der Waals surface area contributed by atoms with Gasteiger partial charge >= 0.3 is 0 Å². The molecule has 5 heteroatoms. The van der Waals surface area contributed by atoms with Crippen LogP contribution in [0, 0.1) is 0 Å². The van der Waals surface area contributed by atoms with Crippen LogP contribution in [0.2, 0.25) is 0 Å². The Morgan fingerprint density at radius 3 is 2.10 bits per heavy atom. The van der Waals surface area contributed by atoms with Gasteiger partial charge in [0.2, 0.25) is 0 Å². The zero-order valence-corrected chi connectivity index (χ0v) is 17.0. The molecule has 0 amide bonds. The number of hydrogen-bond acceptors (Lipinski definition) is 5. The van der Waals surface area contributed by atoms with Gasteiger partial charge in [0.25, 0.3) is 0 Å². The number of aliphatic hydroxyl groups is 1. The summed E-state index contributed by atoms with van der Waals surface area (Å²) in [5.74, 6) is 1.08. The number of aliphatic hydroxyl groups excluding tert-OH is 1. The molecule has 1 fully saturated rings. The van der Waals surface area contributed by atoms with Crippen LogP contribution in [0.4, 0.5) is 5.69 Å². The first-order valence-electron chi connectivity index (χ1n) is 10.4. The van der Waals surface area contributed by atoms with Gasteiger partial charge in [-0.3, -0.25) is 4.90 Å². The average Bonchev–Trinajstić information content (AvgIpc) is 2.80. The lowest BCUT2D eigenvalue weighted by Gasteiger charge is -2.37. The normalized spacial score (nSPS) is 15.7. The van der Waals surface area contributed by atoms with E-state index in [4.69, 9.17) is 4.74 Å². The van der Waals surface area contributed by atoms with E-state index in [0.717, 1.165) is 43.2 Å². The van der Waals surface area contributed by atoms with E-state index in [0.29, 0.717) is 12.3 Å². The van der Waals surface area contributed by atoms with Crippen molar-refractivity contribution in [3.05, 3.63) is 78.9 Å². The maximum atomic E-state index is 10.4. The molecule has 0 saturated carbocycles. The predicted octanol–water partition coefficient (Wildman–Crippen LogP) is 3.62. The fraction of sp³-hybridized carbons (Fsp3) is 0.280. The van der Waals surface area contributed by atoms with Gasteiger partial charge in [-0.1, -0.05) is 54.6 Å². The van der Waals surface area contributed by atoms with Crippen LogP contribution in [-0.2, 0) is 0 Å². The van der Waals surface area contributed by atoms with Crippen molar-refractivity contribution >= 4 is 5.69 Å². The zero-order chi connectivity index (χ0) is 20.8. The van der Waals surface area contributed by atoms with Crippen LogP contribution in [0.15, 0.2) is 78.9 Å². The summed E-state index contributed by atoms with van der Waals surface area (Å²) in [4.78, 5) is 4.42. The van der Waals surface area contributed by atoms with Crippen LogP contribution in [-0.4, -0.2) is 60.5 Å². The van der Waals surface area contributed by atoms with Gasteiger partial charge in [0.1, 0.15) is 24.2 Å². The fourth-order valence-corrected chi connectivity index (χ4v) is 3.82. The molecule has 156 valence electrons. The number of phenolic OH excluding ortho intramolecular Hbond substituents is 1. The highest BCUT2D eigenvalue weighted by Gasteiger charge is 2.21. The number of ether oxygens (including phenoxy) is 1. The van der Waals surface area contributed by atoms with E-state index in [1.54, 1.807) is 6.07 Å². The molecule has 30 heavy (non-hydrogen) atoms. The molecule has 3 aromatic carbocycles. The molecule has 1 heterocycles. The zero-order valence-electron chi connectivity index (χ0n) is 17.0. The van der Waals surface area contributed by atoms with Gasteiger partial charge in [0.15, 0.2) is 0 Å². The Morgan fingerprint density at radius 2 is 1.40 bits per heavy atom. The van der Waals surface area contributed by atoms with Crippen molar-refractivity contribution in [2.75, 3.05) is 44.2 Å². The minimum absolute atomic E-state index is 0.268. The van der Waals surface area contributed by atoms with E-state index in [-0.39, 0.29) is 6.61 Å². The van der Waals surface area contributed by atoms with Crippen molar-refractivity contribution in [1.29, 1.82) is 0 Å². The van der Waals surface area contributed by atoms with Crippen molar-refractivity contribution in [3.8, 4) is 22.6 Å². The summed E-state index contributed by atoms with van der Waals surface area (Å²) in [6.07, 6.45) is -0.546. The number of nitrogens with zero attached hydrogens (tertiary/aromatic N) is 2. The van der Waals surface area contributed by atoms with E-state index in [2.05, 4.69) is 21.9 Å². The van der Waals surface area contributed by atoms with E-state index in [1.807, 2.05) is 60.7 Å². The lowest BCUT2D eigenvalue weighted by Crippen LogP contribution is -2.49. The second-order valence-corrected chi connectivity index (χ2v) is 7.63. The third-order valence-corrected chi connectivity index (χ3v) is 5.47. The van der Waals surface area contributed by atoms with E-state index in [1.165, 1.54) is 5.56 Å². The Hall–Kier alpha value is -3.02. The summed E-state index contributed by atoms with van der Waals surface area (Å²) in [5, 5.41) is 20.4. The van der Waals surface area contributed by atoms with Crippen LogP contribution < -0.4 is 9.64 Å². The molecule has 1 saturated heterocycles. The lowest BCUT2D eigenvalue weighted by molar-refractivity contribution is 0.0663. The Bertz CT molecular complexity index is 923. The SMILES string of the molecule is Oc1ccccc1N1CCN(CC(O)COc2ccc(-c3ccccc3)cc2)CC1. The lowest BCUT2D eigenvalue weighted by atomic mass is 10.1. The number of phenols is 1. The summed E-state index contributed by atoms with van der Waals surface area (Å²) in [6.45, 7) is 4.19. The number of anilines is 1. The molecular formula is C25H28N2O3. The number of para-hydroxylation sites is 2. The maximum Gasteiger partial charge on any atom is 0.138 e. The summed E-state index contributed by atoms with van der Waals surface area (Å²) >= 11 is 0. The summed E-state index contributed by atoms with van der Waals surface area (Å²) in [5.41, 5.74) is 3.19. The van der Waals surface area contributed by atoms with Crippen LogP contribution in [0.5, 0.6) is 11.5 Å². The molecule has 0 radical (unpaired) electrons. The third-order valence-electron chi connectivity index (χ3n) is 5.47. The first-order valence-corrected chi connectivity index (χ1v) is 10.4. The number of benzene rings is 3. The second kappa shape index (κ2) is 9.65. The standard InChI is InChI=1S/C25H28N2O3/c28-22(18-26-14-16-27(17-15-26)24-8-4-5-9-25(24)29)19-30-23-12-10-21(11-13-23)20-6-2-1-3-7-20/h1-13,22,28-29H,14-19H2. The molecule has 3 aromatic rings. The average molecular weight is 405 g/mol. The first kappa shape index (κ1) is 20.3. The largest absolute Gasteiger partial charge is 0.506 e. The van der Waals surface area contributed by atoms with Crippen LogP contribution in [0.1, 0.15) is 0 Å². The highest BCUT2D eigenvalue weighted by molar-refractivity contribution is 5.63. The topological polar surface area (TPSA) is 56.2 Å². The number of hydrogen-bond donors (Lipinski definition) is 2. The van der Waals surface area contributed by atoms with Gasteiger partial charge in [-0.15, -0.1) is 0 Å². The van der Waals surface area contributed by atoms with E-state index >= 15 is 0 Å². The summed E-state index contributed by atoms with van der Waals surface area (Å²) in [6, 6.07) is 25.6. The Labute approximate surface area is 177 Å². The van der Waals surface area contributed by atoms with Gasteiger partial charge in [0.05, 0.1) is 5.69 Å². The molecule has 4 rings (SSSR count). The Kier molecular flexibility index (Phi) is 6.52. The van der Waals surface area contributed by atoms with Gasteiger partial charge in [-0.05, 0) is 35.4 Å². The quantitative estimate of drug-likeness (QED) is 0.630. The molecule has 0 aromatic heterocycles. The minimum Gasteiger partial charge on any atom is -0.506 e. The minimum atomic E-state index is -0.546. The number of piperazine rings is 1. The maximum absolute atomic E-state index is 10.4. The van der Waals surface area contributed by atoms with Crippen molar-refractivity contribution < 1.29 is 14.9 Å². The van der Waals surface area contributed by atoms with Gasteiger partial charge in [-0.2, -0.15) is 0 Å². The molecule has 1 aliphatic heterocycles. The van der Waals surface area contributed by atoms with Crippen molar-refractivity contribution in [3.63, 3.8) is 0 Å². The number of rotatable bonds is 7. The van der Waals surface area contributed by atoms with Crippen molar-refractivity contribution in [1.82, 2.24) is 4.90 Å². The van der Waals surface area contributed by atoms with Gasteiger partial charge in [0, 0.05) is 32.7 Å². The Morgan fingerprint density at radius 1 is 0.767 bits per heavy atom. The third kappa shape index (κ3) is 5.12. The van der Waals surface area contributed by atoms with E-state index in [9.17, 15) is 10.2 Å². The van der Waals surface area contributed by atoms with E-state index < -0.39 is 6.10 Å². The molecular weight excluding hydrogens is 376 g/mol. The molecule has 0 bridgehead atoms. The van der Waals surface area contributed by atoms with Crippen LogP contribution in [0.25, 0.3) is 11.1 Å². The molecule has 1 atom stereocenters. The molecule has 1 aliphatic rings. The molecule has 0 aliphatic carbocycles.